The molecule has 0 aromatic carbocycles. The number of hydrogen-bond donors (Lipinski definition) is 2. The van der Waals surface area contributed by atoms with Crippen molar-refractivity contribution in [3.8, 4) is 0 Å². The number of rotatable bonds is 5. The molecule has 0 bridgehead atoms. The van der Waals surface area contributed by atoms with Crippen molar-refractivity contribution in [1.82, 2.24) is 5.32 Å². The second-order valence-corrected chi connectivity index (χ2v) is 5.40. The van der Waals surface area contributed by atoms with Gasteiger partial charge >= 0.3 is 0 Å². The van der Waals surface area contributed by atoms with Crippen molar-refractivity contribution < 1.29 is 5.11 Å². The summed E-state index contributed by atoms with van der Waals surface area (Å²) in [5.74, 6) is 0. The molecule has 0 amide bonds. The molecule has 88 valence electrons. The summed E-state index contributed by atoms with van der Waals surface area (Å²) < 4.78 is 0. The van der Waals surface area contributed by atoms with Crippen LogP contribution in [-0.2, 0) is 0 Å². The second-order valence-electron chi connectivity index (χ2n) is 5.40. The van der Waals surface area contributed by atoms with E-state index in [-0.39, 0.29) is 0 Å². The standard InChI is InChI=1S/C13H25NO/c15-11-5-4-10-14-12-6-9-13(12)7-2-1-3-8-13/h12,14-15H,1-11H2. The molecule has 2 nitrogen and oxygen atoms in total. The molecular formula is C13H25NO. The van der Waals surface area contributed by atoms with Gasteiger partial charge in [0.25, 0.3) is 0 Å². The van der Waals surface area contributed by atoms with Crippen molar-refractivity contribution in [2.45, 2.75) is 63.8 Å². The molecule has 0 aliphatic heterocycles. The first-order chi connectivity index (χ1) is 7.37. The molecule has 0 radical (unpaired) electrons. The monoisotopic (exact) mass is 211 g/mol. The molecule has 1 spiro atoms. The Balaban J connectivity index is 1.69. The number of aliphatic hydroxyl groups is 1. The molecule has 2 heteroatoms. The summed E-state index contributed by atoms with van der Waals surface area (Å²) >= 11 is 0. The summed E-state index contributed by atoms with van der Waals surface area (Å²) in [5.41, 5.74) is 0.692. The normalized spacial score (nSPS) is 29.0. The maximum atomic E-state index is 8.72. The van der Waals surface area contributed by atoms with E-state index < -0.39 is 0 Å². The minimum atomic E-state index is 0.345. The minimum absolute atomic E-state index is 0.345. The van der Waals surface area contributed by atoms with Gasteiger partial charge in [0.15, 0.2) is 0 Å². The van der Waals surface area contributed by atoms with Gasteiger partial charge in [-0.2, -0.15) is 0 Å². The molecule has 0 aromatic rings. The third kappa shape index (κ3) is 2.54. The van der Waals surface area contributed by atoms with E-state index in [1.807, 2.05) is 0 Å². The lowest BCUT2D eigenvalue weighted by Gasteiger charge is -2.52. The molecule has 2 saturated carbocycles. The third-order valence-corrected chi connectivity index (χ3v) is 4.50. The van der Waals surface area contributed by atoms with Crippen LogP contribution in [0.5, 0.6) is 0 Å². The van der Waals surface area contributed by atoms with Crippen molar-refractivity contribution in [1.29, 1.82) is 0 Å². The zero-order valence-corrected chi connectivity index (χ0v) is 9.80. The molecule has 0 aromatic heterocycles. The van der Waals surface area contributed by atoms with Crippen LogP contribution < -0.4 is 5.32 Å². The fraction of sp³-hybridized carbons (Fsp3) is 1.00. The maximum absolute atomic E-state index is 8.72. The van der Waals surface area contributed by atoms with Crippen molar-refractivity contribution in [2.24, 2.45) is 5.41 Å². The topological polar surface area (TPSA) is 32.3 Å². The van der Waals surface area contributed by atoms with Gasteiger partial charge in [-0.25, -0.2) is 0 Å². The van der Waals surface area contributed by atoms with E-state index in [1.165, 1.54) is 44.9 Å². The fourth-order valence-corrected chi connectivity index (χ4v) is 3.38. The zero-order chi connectivity index (χ0) is 10.6. The summed E-state index contributed by atoms with van der Waals surface area (Å²) in [7, 11) is 0. The van der Waals surface area contributed by atoms with E-state index in [4.69, 9.17) is 5.11 Å². The molecule has 2 aliphatic carbocycles. The first-order valence-electron chi connectivity index (χ1n) is 6.72. The van der Waals surface area contributed by atoms with E-state index in [0.29, 0.717) is 12.0 Å². The van der Waals surface area contributed by atoms with Crippen molar-refractivity contribution in [3.05, 3.63) is 0 Å². The highest BCUT2D eigenvalue weighted by Gasteiger charge is 2.46. The predicted molar refractivity (Wildman–Crippen MR) is 62.9 cm³/mol. The Labute approximate surface area is 93.5 Å². The van der Waals surface area contributed by atoms with Gasteiger partial charge in [-0.1, -0.05) is 19.3 Å². The third-order valence-electron chi connectivity index (χ3n) is 4.50. The van der Waals surface area contributed by atoms with Gasteiger partial charge in [-0.3, -0.25) is 0 Å². The van der Waals surface area contributed by atoms with Crippen molar-refractivity contribution in [2.75, 3.05) is 13.2 Å². The summed E-state index contributed by atoms with van der Waals surface area (Å²) in [4.78, 5) is 0. The van der Waals surface area contributed by atoms with Gasteiger partial charge in [0.1, 0.15) is 0 Å². The Kier molecular flexibility index (Phi) is 4.04. The van der Waals surface area contributed by atoms with Gasteiger partial charge in [0.05, 0.1) is 0 Å². The molecule has 2 N–H and O–H groups in total. The average molecular weight is 211 g/mol. The molecule has 0 heterocycles. The Morgan fingerprint density at radius 3 is 2.47 bits per heavy atom. The van der Waals surface area contributed by atoms with Crippen LogP contribution in [-0.4, -0.2) is 24.3 Å². The summed E-state index contributed by atoms with van der Waals surface area (Å²) in [6.45, 7) is 1.45. The maximum Gasteiger partial charge on any atom is 0.0431 e. The van der Waals surface area contributed by atoms with Gasteiger partial charge in [0.2, 0.25) is 0 Å². The fourth-order valence-electron chi connectivity index (χ4n) is 3.38. The van der Waals surface area contributed by atoms with Crippen LogP contribution in [0.1, 0.15) is 57.8 Å². The summed E-state index contributed by atoms with van der Waals surface area (Å²) in [5, 5.41) is 12.4. The first kappa shape index (κ1) is 11.4. The van der Waals surface area contributed by atoms with Crippen LogP contribution >= 0.6 is 0 Å². The molecule has 2 rings (SSSR count). The highest BCUT2D eigenvalue weighted by Crippen LogP contribution is 2.51. The lowest BCUT2D eigenvalue weighted by molar-refractivity contribution is 0.0230. The Morgan fingerprint density at radius 2 is 1.87 bits per heavy atom. The zero-order valence-electron chi connectivity index (χ0n) is 9.80. The number of aliphatic hydroxyl groups excluding tert-OH is 1. The molecule has 0 saturated heterocycles. The molecular weight excluding hydrogens is 186 g/mol. The highest BCUT2D eigenvalue weighted by molar-refractivity contribution is 5.01. The van der Waals surface area contributed by atoms with E-state index in [9.17, 15) is 0 Å². The number of hydrogen-bond acceptors (Lipinski definition) is 2. The van der Waals surface area contributed by atoms with Crippen molar-refractivity contribution in [3.63, 3.8) is 0 Å². The lowest BCUT2D eigenvalue weighted by atomic mass is 9.57. The van der Waals surface area contributed by atoms with E-state index in [2.05, 4.69) is 5.32 Å². The molecule has 1 unspecified atom stereocenters. The lowest BCUT2D eigenvalue weighted by Crippen LogP contribution is -2.54. The Bertz CT molecular complexity index is 187. The SMILES string of the molecule is OCCCCNC1CCC12CCCCC2. The molecule has 2 fully saturated rings. The van der Waals surface area contributed by atoms with Gasteiger partial charge < -0.3 is 10.4 Å². The Hall–Kier alpha value is -0.0800. The van der Waals surface area contributed by atoms with Crippen LogP contribution in [0.3, 0.4) is 0 Å². The minimum Gasteiger partial charge on any atom is -0.396 e. The smallest absolute Gasteiger partial charge is 0.0431 e. The van der Waals surface area contributed by atoms with E-state index in [0.717, 1.165) is 25.4 Å². The highest BCUT2D eigenvalue weighted by atomic mass is 16.2. The first-order valence-corrected chi connectivity index (χ1v) is 6.72. The van der Waals surface area contributed by atoms with E-state index in [1.54, 1.807) is 0 Å². The second kappa shape index (κ2) is 5.31. The van der Waals surface area contributed by atoms with E-state index >= 15 is 0 Å². The molecule has 15 heavy (non-hydrogen) atoms. The predicted octanol–water partition coefficient (Wildman–Crippen LogP) is 2.46. The van der Waals surface area contributed by atoms with Crippen LogP contribution in [0.2, 0.25) is 0 Å². The Morgan fingerprint density at radius 1 is 1.07 bits per heavy atom. The van der Waals surface area contributed by atoms with Gasteiger partial charge in [-0.15, -0.1) is 0 Å². The molecule has 1 atom stereocenters. The quantitative estimate of drug-likeness (QED) is 0.685. The largest absolute Gasteiger partial charge is 0.396 e. The molecule has 2 aliphatic rings. The summed E-state index contributed by atoms with van der Waals surface area (Å²) in [6.07, 6.45) is 12.2. The summed E-state index contributed by atoms with van der Waals surface area (Å²) in [6, 6.07) is 0.802. The van der Waals surface area contributed by atoms with Crippen LogP contribution in [0.15, 0.2) is 0 Å². The van der Waals surface area contributed by atoms with Crippen LogP contribution in [0.25, 0.3) is 0 Å². The number of nitrogens with one attached hydrogen (secondary N) is 1. The van der Waals surface area contributed by atoms with Crippen molar-refractivity contribution >= 4 is 0 Å². The van der Waals surface area contributed by atoms with Crippen LogP contribution in [0.4, 0.5) is 0 Å². The number of unbranched alkanes of at least 4 members (excludes halogenated alkanes) is 1. The van der Waals surface area contributed by atoms with Crippen LogP contribution in [0, 0.1) is 5.41 Å². The van der Waals surface area contributed by atoms with Gasteiger partial charge in [0, 0.05) is 12.6 Å². The van der Waals surface area contributed by atoms with Gasteiger partial charge in [-0.05, 0) is 50.5 Å². The average Bonchev–Trinajstić information content (AvgIpc) is 2.28.